The van der Waals surface area contributed by atoms with E-state index in [1.807, 2.05) is 80.2 Å². The second kappa shape index (κ2) is 8.34. The smallest absolute Gasteiger partial charge is 0.220 e. The summed E-state index contributed by atoms with van der Waals surface area (Å²) in [4.78, 5) is 17.2. The first-order chi connectivity index (χ1) is 14.8. The third-order valence-electron chi connectivity index (χ3n) is 5.79. The van der Waals surface area contributed by atoms with Crippen LogP contribution in [-0.2, 0) is 17.8 Å². The maximum Gasteiger partial charge on any atom is 0.220 e. The van der Waals surface area contributed by atoms with Gasteiger partial charge < -0.3 is 5.32 Å². The Morgan fingerprint density at radius 2 is 1.68 bits per heavy atom. The number of hydrogen-bond donors (Lipinski definition) is 1. The Morgan fingerprint density at radius 3 is 2.42 bits per heavy atom. The molecule has 3 heterocycles. The highest BCUT2D eigenvalue weighted by molar-refractivity contribution is 5.76. The molecular formula is C24H28N6O. The van der Waals surface area contributed by atoms with Gasteiger partial charge in [-0.25, -0.2) is 14.2 Å². The van der Waals surface area contributed by atoms with E-state index < -0.39 is 0 Å². The molecule has 0 spiro atoms. The van der Waals surface area contributed by atoms with Crippen molar-refractivity contribution in [3.8, 4) is 5.69 Å². The minimum atomic E-state index is 0.0156. The van der Waals surface area contributed by atoms with E-state index in [2.05, 4.69) is 20.5 Å². The molecule has 160 valence electrons. The Labute approximate surface area is 182 Å². The first kappa shape index (κ1) is 20.8. The van der Waals surface area contributed by atoms with Crippen LogP contribution in [0.5, 0.6) is 0 Å². The number of carbonyl (C=O) groups is 1. The van der Waals surface area contributed by atoms with Gasteiger partial charge in [-0.2, -0.15) is 10.2 Å². The van der Waals surface area contributed by atoms with Gasteiger partial charge in [-0.05, 0) is 58.7 Å². The minimum absolute atomic E-state index is 0.0156. The Bertz CT molecular complexity index is 1250. The summed E-state index contributed by atoms with van der Waals surface area (Å²) in [5.41, 5.74) is 8.90. The van der Waals surface area contributed by atoms with Gasteiger partial charge in [0.2, 0.25) is 5.91 Å². The summed E-state index contributed by atoms with van der Waals surface area (Å²) in [5.74, 6) is 0.0156. The fourth-order valence-electron chi connectivity index (χ4n) is 4.07. The summed E-state index contributed by atoms with van der Waals surface area (Å²) >= 11 is 0. The zero-order chi connectivity index (χ0) is 22.1. The lowest BCUT2D eigenvalue weighted by Gasteiger charge is -2.11. The third-order valence-corrected chi connectivity index (χ3v) is 5.79. The minimum Gasteiger partial charge on any atom is -0.352 e. The molecule has 7 heteroatoms. The number of amides is 1. The molecule has 4 rings (SSSR count). The second-order valence-electron chi connectivity index (χ2n) is 7.99. The first-order valence-corrected chi connectivity index (χ1v) is 10.5. The van der Waals surface area contributed by atoms with E-state index in [-0.39, 0.29) is 5.91 Å². The number of fused-ring (bicyclic) bond motifs is 1. The van der Waals surface area contributed by atoms with Crippen molar-refractivity contribution in [2.75, 3.05) is 0 Å². The van der Waals surface area contributed by atoms with E-state index >= 15 is 0 Å². The second-order valence-corrected chi connectivity index (χ2v) is 7.99. The van der Waals surface area contributed by atoms with Crippen LogP contribution in [0.25, 0.3) is 11.3 Å². The Morgan fingerprint density at radius 1 is 0.935 bits per heavy atom. The summed E-state index contributed by atoms with van der Waals surface area (Å²) in [7, 11) is 0. The zero-order valence-corrected chi connectivity index (χ0v) is 18.7. The van der Waals surface area contributed by atoms with Crippen LogP contribution < -0.4 is 5.32 Å². The molecule has 31 heavy (non-hydrogen) atoms. The number of hydrogen-bond acceptors (Lipinski definition) is 4. The SMILES string of the molecule is Cc1cc2nc(C)c(CCC(=O)NCc3c(C)nn(-c4ccccc4)c3C)c(C)n2n1. The van der Waals surface area contributed by atoms with Crippen LogP contribution in [0.15, 0.2) is 36.4 Å². The molecule has 1 amide bonds. The average molecular weight is 417 g/mol. The largest absolute Gasteiger partial charge is 0.352 e. The summed E-state index contributed by atoms with van der Waals surface area (Å²) < 4.78 is 3.79. The number of aromatic nitrogens is 5. The molecule has 0 fully saturated rings. The van der Waals surface area contributed by atoms with E-state index in [4.69, 9.17) is 0 Å². The highest BCUT2D eigenvalue weighted by Crippen LogP contribution is 2.19. The zero-order valence-electron chi connectivity index (χ0n) is 18.7. The molecule has 1 N–H and O–H groups in total. The molecule has 7 nitrogen and oxygen atoms in total. The molecule has 0 bridgehead atoms. The van der Waals surface area contributed by atoms with Gasteiger partial charge in [0.25, 0.3) is 0 Å². The van der Waals surface area contributed by atoms with Gasteiger partial charge in [0, 0.05) is 41.7 Å². The fourth-order valence-corrected chi connectivity index (χ4v) is 4.07. The molecule has 0 saturated carbocycles. The molecule has 0 unspecified atom stereocenters. The molecule has 0 aliphatic carbocycles. The predicted octanol–water partition coefficient (Wildman–Crippen LogP) is 3.71. The number of nitrogens with one attached hydrogen (secondary N) is 1. The quantitative estimate of drug-likeness (QED) is 0.520. The van der Waals surface area contributed by atoms with E-state index in [0.717, 1.165) is 50.9 Å². The predicted molar refractivity (Wildman–Crippen MR) is 120 cm³/mol. The lowest BCUT2D eigenvalue weighted by atomic mass is 10.1. The molecular weight excluding hydrogens is 388 g/mol. The van der Waals surface area contributed by atoms with Crippen LogP contribution in [0.2, 0.25) is 0 Å². The summed E-state index contributed by atoms with van der Waals surface area (Å²) in [6.07, 6.45) is 1.03. The van der Waals surface area contributed by atoms with Crippen LogP contribution in [0, 0.1) is 34.6 Å². The summed E-state index contributed by atoms with van der Waals surface area (Å²) in [5, 5.41) is 12.2. The maximum absolute atomic E-state index is 12.6. The van der Waals surface area contributed by atoms with Crippen molar-refractivity contribution in [2.45, 2.75) is 54.0 Å². The van der Waals surface area contributed by atoms with Crippen molar-refractivity contribution >= 4 is 11.6 Å². The number of aryl methyl sites for hydroxylation is 4. The lowest BCUT2D eigenvalue weighted by Crippen LogP contribution is -2.24. The highest BCUT2D eigenvalue weighted by Gasteiger charge is 2.15. The average Bonchev–Trinajstić information content (AvgIpc) is 3.25. The van der Waals surface area contributed by atoms with Gasteiger partial charge >= 0.3 is 0 Å². The van der Waals surface area contributed by atoms with E-state index in [1.54, 1.807) is 0 Å². The topological polar surface area (TPSA) is 77.1 Å². The van der Waals surface area contributed by atoms with Crippen molar-refractivity contribution in [3.63, 3.8) is 0 Å². The van der Waals surface area contributed by atoms with Crippen molar-refractivity contribution < 1.29 is 4.79 Å². The lowest BCUT2D eigenvalue weighted by molar-refractivity contribution is -0.121. The van der Waals surface area contributed by atoms with Crippen LogP contribution in [0.3, 0.4) is 0 Å². The summed E-state index contributed by atoms with van der Waals surface area (Å²) in [6, 6.07) is 12.0. The Hall–Kier alpha value is -3.48. The highest BCUT2D eigenvalue weighted by atomic mass is 16.1. The monoisotopic (exact) mass is 416 g/mol. The van der Waals surface area contributed by atoms with E-state index in [9.17, 15) is 4.79 Å². The van der Waals surface area contributed by atoms with E-state index in [1.165, 1.54) is 0 Å². The van der Waals surface area contributed by atoms with Crippen LogP contribution >= 0.6 is 0 Å². The molecule has 0 saturated heterocycles. The maximum atomic E-state index is 12.6. The van der Waals surface area contributed by atoms with Gasteiger partial charge in [-0.3, -0.25) is 4.79 Å². The molecule has 1 aromatic carbocycles. The van der Waals surface area contributed by atoms with Crippen LogP contribution in [0.1, 0.15) is 46.0 Å². The van der Waals surface area contributed by atoms with Gasteiger partial charge in [0.15, 0.2) is 5.65 Å². The third kappa shape index (κ3) is 4.08. The van der Waals surface area contributed by atoms with Gasteiger partial charge in [0.1, 0.15) is 0 Å². The summed E-state index contributed by atoms with van der Waals surface area (Å²) in [6.45, 7) is 10.5. The molecule has 3 aromatic heterocycles. The molecule has 0 aliphatic heterocycles. The van der Waals surface area contributed by atoms with Gasteiger partial charge in [-0.1, -0.05) is 18.2 Å². The number of carbonyl (C=O) groups excluding carboxylic acids is 1. The van der Waals surface area contributed by atoms with Crippen LogP contribution in [-0.4, -0.2) is 30.3 Å². The molecule has 4 aromatic rings. The Kier molecular flexibility index (Phi) is 5.59. The normalized spacial score (nSPS) is 11.3. The number of benzene rings is 1. The fraction of sp³-hybridized carbons (Fsp3) is 0.333. The van der Waals surface area contributed by atoms with Gasteiger partial charge in [-0.15, -0.1) is 0 Å². The number of rotatable bonds is 6. The van der Waals surface area contributed by atoms with Crippen molar-refractivity contribution in [3.05, 3.63) is 76.0 Å². The molecule has 0 radical (unpaired) electrons. The standard InChI is InChI=1S/C24H28N6O/c1-15-13-23-26-16(2)21(18(4)30(23)27-15)11-12-24(31)25-14-22-17(3)28-29(19(22)5)20-9-7-6-8-10-20/h6-10,13H,11-12,14H2,1-5H3,(H,25,31). The van der Waals surface area contributed by atoms with Crippen molar-refractivity contribution in [2.24, 2.45) is 0 Å². The van der Waals surface area contributed by atoms with Gasteiger partial charge in [0.05, 0.1) is 17.1 Å². The van der Waals surface area contributed by atoms with E-state index in [0.29, 0.717) is 19.4 Å². The molecule has 0 aliphatic rings. The van der Waals surface area contributed by atoms with Crippen molar-refractivity contribution in [1.82, 2.24) is 29.7 Å². The van der Waals surface area contributed by atoms with Crippen LogP contribution in [0.4, 0.5) is 0 Å². The Balaban J connectivity index is 1.43. The first-order valence-electron chi connectivity index (χ1n) is 10.5. The van der Waals surface area contributed by atoms with Crippen molar-refractivity contribution in [1.29, 1.82) is 0 Å². The number of nitrogens with zero attached hydrogens (tertiary/aromatic N) is 5. The molecule has 0 atom stereocenters. The number of para-hydroxylation sites is 1.